The largest absolute Gasteiger partial charge is 0.388 e. The first kappa shape index (κ1) is 27.0. The van der Waals surface area contributed by atoms with E-state index >= 15 is 0 Å². The van der Waals surface area contributed by atoms with Gasteiger partial charge >= 0.3 is 0 Å². The van der Waals surface area contributed by atoms with Gasteiger partial charge in [0.25, 0.3) is 11.5 Å². The van der Waals surface area contributed by atoms with Gasteiger partial charge in [0.1, 0.15) is 17.5 Å². The van der Waals surface area contributed by atoms with Crippen LogP contribution < -0.4 is 10.5 Å². The number of hydrogen-bond acceptors (Lipinski definition) is 7. The zero-order chi connectivity index (χ0) is 29.6. The molecule has 0 bridgehead atoms. The number of piperidine rings is 1. The van der Waals surface area contributed by atoms with Gasteiger partial charge < -0.3 is 14.9 Å². The predicted octanol–water partition coefficient (Wildman–Crippen LogP) is 3.87. The van der Waals surface area contributed by atoms with E-state index in [9.17, 15) is 19.1 Å². The summed E-state index contributed by atoms with van der Waals surface area (Å²) in [6.45, 7) is 1.62. The summed E-state index contributed by atoms with van der Waals surface area (Å²) in [6.07, 6.45) is 7.39. The minimum atomic E-state index is -1.17. The third kappa shape index (κ3) is 5.05. The monoisotopic (exact) mass is 579 g/mol. The molecular formula is C32H30FN7O3. The van der Waals surface area contributed by atoms with Crippen LogP contribution >= 0.6 is 0 Å². The molecule has 0 spiro atoms. The number of nitrogens with zero attached hydrogens (tertiary/aromatic N) is 7. The van der Waals surface area contributed by atoms with Crippen LogP contribution in [0.25, 0.3) is 16.7 Å². The normalized spacial score (nSPS) is 16.3. The van der Waals surface area contributed by atoms with Crippen LogP contribution in [0, 0.1) is 5.82 Å². The van der Waals surface area contributed by atoms with Gasteiger partial charge in [0.2, 0.25) is 0 Å². The average molecular weight is 580 g/mol. The van der Waals surface area contributed by atoms with E-state index < -0.39 is 11.4 Å². The first-order valence-corrected chi connectivity index (χ1v) is 14.4. The fraction of sp³-hybridized carbons (Fsp3) is 0.281. The van der Waals surface area contributed by atoms with Crippen LogP contribution in [0.4, 0.5) is 15.8 Å². The van der Waals surface area contributed by atoms with Crippen molar-refractivity contribution >= 4 is 28.3 Å². The second kappa shape index (κ2) is 10.7. The molecule has 0 aliphatic carbocycles. The molecule has 10 nitrogen and oxygen atoms in total. The fourth-order valence-corrected chi connectivity index (χ4v) is 6.06. The minimum absolute atomic E-state index is 0.0550. The molecule has 1 N–H and O–H groups in total. The Morgan fingerprint density at radius 1 is 0.953 bits per heavy atom. The van der Waals surface area contributed by atoms with E-state index in [1.165, 1.54) is 41.4 Å². The van der Waals surface area contributed by atoms with Crippen molar-refractivity contribution in [2.24, 2.45) is 0 Å². The fourth-order valence-electron chi connectivity index (χ4n) is 6.06. The first-order chi connectivity index (χ1) is 20.9. The van der Waals surface area contributed by atoms with Crippen molar-refractivity contribution in [1.29, 1.82) is 0 Å². The molecule has 0 saturated carbocycles. The van der Waals surface area contributed by atoms with Crippen molar-refractivity contribution in [3.8, 4) is 5.69 Å². The average Bonchev–Trinajstić information content (AvgIpc) is 3.48. The molecular weight excluding hydrogens is 549 g/mol. The van der Waals surface area contributed by atoms with E-state index in [1.54, 1.807) is 9.58 Å². The highest BCUT2D eigenvalue weighted by molar-refractivity contribution is 5.94. The molecule has 11 heteroatoms. The van der Waals surface area contributed by atoms with E-state index in [-0.39, 0.29) is 18.0 Å². The van der Waals surface area contributed by atoms with Gasteiger partial charge in [-0.25, -0.2) is 14.1 Å². The summed E-state index contributed by atoms with van der Waals surface area (Å²) in [6, 6.07) is 17.5. The molecule has 5 heterocycles. The maximum atomic E-state index is 13.4. The quantitative estimate of drug-likeness (QED) is 0.337. The number of carbonyl (C=O) groups excluding carboxylic acids is 1. The molecule has 2 aromatic carbocycles. The van der Waals surface area contributed by atoms with Gasteiger partial charge in [-0.3, -0.25) is 19.1 Å². The van der Waals surface area contributed by atoms with Gasteiger partial charge in [-0.05, 0) is 86.3 Å². The maximum Gasteiger partial charge on any atom is 0.264 e. The van der Waals surface area contributed by atoms with Crippen LogP contribution in [0.1, 0.15) is 35.3 Å². The van der Waals surface area contributed by atoms with Gasteiger partial charge in [-0.1, -0.05) is 0 Å². The highest BCUT2D eigenvalue weighted by Gasteiger charge is 2.35. The van der Waals surface area contributed by atoms with Crippen molar-refractivity contribution < 1.29 is 14.3 Å². The number of hydrogen-bond donors (Lipinski definition) is 1. The summed E-state index contributed by atoms with van der Waals surface area (Å²) in [5.41, 5.74) is 3.44. The lowest BCUT2D eigenvalue weighted by molar-refractivity contribution is -0.0299. The Morgan fingerprint density at radius 2 is 1.70 bits per heavy atom. The van der Waals surface area contributed by atoms with Gasteiger partial charge in [0.05, 0.1) is 35.4 Å². The summed E-state index contributed by atoms with van der Waals surface area (Å²) in [7, 11) is 0. The van der Waals surface area contributed by atoms with Crippen LogP contribution in [0.2, 0.25) is 0 Å². The van der Waals surface area contributed by atoms with Crippen LogP contribution in [0.3, 0.4) is 0 Å². The standard InChI is InChI=1S/C32H30FN7O3/c33-23-7-5-22(6-8-23)30(41)37-17-13-32(43,14-18-37)20-38-21-35-29-26(31(38)42)19-36-40(29)25-11-9-24(10-12-25)39-16-2-3-27-28(39)4-1-15-34-27/h1,4-12,15,19,21,43H,2-3,13-14,16-18,20H2. The third-order valence-electron chi connectivity index (χ3n) is 8.45. The Balaban J connectivity index is 1.06. The van der Waals surface area contributed by atoms with E-state index in [2.05, 4.69) is 26.0 Å². The van der Waals surface area contributed by atoms with Gasteiger partial charge in [0, 0.05) is 37.1 Å². The summed E-state index contributed by atoms with van der Waals surface area (Å²) >= 11 is 0. The third-order valence-corrected chi connectivity index (χ3v) is 8.45. The molecule has 1 fully saturated rings. The molecule has 7 rings (SSSR count). The summed E-state index contributed by atoms with van der Waals surface area (Å²) in [5, 5.41) is 16.1. The molecule has 2 aliphatic heterocycles. The molecule has 0 atom stereocenters. The second-order valence-electron chi connectivity index (χ2n) is 11.2. The van der Waals surface area contributed by atoms with E-state index in [1.807, 2.05) is 36.5 Å². The topological polar surface area (TPSA) is 109 Å². The number of carbonyl (C=O) groups is 1. The molecule has 2 aliphatic rings. The minimum Gasteiger partial charge on any atom is -0.388 e. The van der Waals surface area contributed by atoms with Gasteiger partial charge in [-0.15, -0.1) is 0 Å². The van der Waals surface area contributed by atoms with Gasteiger partial charge in [-0.2, -0.15) is 5.10 Å². The summed E-state index contributed by atoms with van der Waals surface area (Å²) in [5.74, 6) is -0.609. The molecule has 218 valence electrons. The number of aryl methyl sites for hydroxylation is 1. The predicted molar refractivity (Wildman–Crippen MR) is 159 cm³/mol. The molecule has 5 aromatic rings. The van der Waals surface area contributed by atoms with Crippen LogP contribution in [0.15, 0.2) is 84.2 Å². The highest BCUT2D eigenvalue weighted by Crippen LogP contribution is 2.32. The van der Waals surface area contributed by atoms with Crippen LogP contribution in [0.5, 0.6) is 0 Å². The number of rotatable bonds is 5. The zero-order valence-corrected chi connectivity index (χ0v) is 23.4. The Bertz CT molecular complexity index is 1860. The lowest BCUT2D eigenvalue weighted by atomic mass is 9.91. The molecule has 0 unspecified atom stereocenters. The second-order valence-corrected chi connectivity index (χ2v) is 11.2. The maximum absolute atomic E-state index is 13.4. The molecule has 3 aromatic heterocycles. The lowest BCUT2D eigenvalue weighted by Gasteiger charge is -2.38. The number of fused-ring (bicyclic) bond motifs is 2. The van der Waals surface area contributed by atoms with Gasteiger partial charge in [0.15, 0.2) is 5.65 Å². The Morgan fingerprint density at radius 3 is 2.47 bits per heavy atom. The van der Waals surface area contributed by atoms with E-state index in [0.29, 0.717) is 42.5 Å². The number of anilines is 2. The number of halogens is 1. The first-order valence-electron chi connectivity index (χ1n) is 14.4. The van der Waals surface area contributed by atoms with Crippen molar-refractivity contribution in [3.63, 3.8) is 0 Å². The number of likely N-dealkylation sites (tertiary alicyclic amines) is 1. The van der Waals surface area contributed by atoms with Crippen molar-refractivity contribution in [2.75, 3.05) is 24.5 Å². The van der Waals surface area contributed by atoms with Crippen molar-refractivity contribution in [2.45, 2.75) is 37.8 Å². The number of benzene rings is 2. The number of amides is 1. The van der Waals surface area contributed by atoms with E-state index in [4.69, 9.17) is 0 Å². The zero-order valence-electron chi connectivity index (χ0n) is 23.4. The number of pyridine rings is 1. The molecule has 1 saturated heterocycles. The van der Waals surface area contributed by atoms with Crippen molar-refractivity contribution in [3.05, 3.63) is 107 Å². The van der Waals surface area contributed by atoms with Crippen LogP contribution in [-0.4, -0.2) is 65.5 Å². The lowest BCUT2D eigenvalue weighted by Crippen LogP contribution is -2.49. The summed E-state index contributed by atoms with van der Waals surface area (Å²) < 4.78 is 16.3. The number of aliphatic hydroxyl groups is 1. The smallest absolute Gasteiger partial charge is 0.264 e. The Labute approximate surface area is 246 Å². The molecule has 0 radical (unpaired) electrons. The number of aromatic nitrogens is 5. The molecule has 43 heavy (non-hydrogen) atoms. The Kier molecular flexibility index (Phi) is 6.73. The molecule has 1 amide bonds. The Hall–Kier alpha value is -4.90. The van der Waals surface area contributed by atoms with Crippen molar-refractivity contribution in [1.82, 2.24) is 29.2 Å². The SMILES string of the molecule is O=C(c1ccc(F)cc1)N1CCC(O)(Cn2cnc3c(cnn3-c3ccc(N4CCCc5ncccc54)cc3)c2=O)CC1. The van der Waals surface area contributed by atoms with E-state index in [0.717, 1.165) is 42.1 Å². The highest BCUT2D eigenvalue weighted by atomic mass is 19.1. The summed E-state index contributed by atoms with van der Waals surface area (Å²) in [4.78, 5) is 39.2. The van der Waals surface area contributed by atoms with Crippen LogP contribution in [-0.2, 0) is 13.0 Å².